The van der Waals surface area contributed by atoms with Crippen molar-refractivity contribution >= 4 is 49.8 Å². The van der Waals surface area contributed by atoms with Crippen molar-refractivity contribution in [3.05, 3.63) is 283 Å². The molecule has 0 atom stereocenters. The second kappa shape index (κ2) is 17.8. The molecular weight excluding hydrogens is 883 g/mol. The molecule has 0 spiro atoms. The monoisotopic (exact) mass is 935 g/mol. The van der Waals surface area contributed by atoms with Gasteiger partial charge in [-0.2, -0.15) is 0 Å². The molecule has 14 rings (SSSR count). The van der Waals surface area contributed by atoms with Gasteiger partial charge in [0.25, 0.3) is 0 Å². The smallest absolute Gasteiger partial charge is 0.135 e. The summed E-state index contributed by atoms with van der Waals surface area (Å²) in [5.74, 6) is 0.546. The van der Waals surface area contributed by atoms with Gasteiger partial charge in [0.05, 0.1) is 5.41 Å². The summed E-state index contributed by atoms with van der Waals surface area (Å²) in [5, 5.41) is 4.74. The lowest BCUT2D eigenvalue weighted by atomic mass is 9.67. The van der Waals surface area contributed by atoms with Crippen LogP contribution in [0.25, 0.3) is 77.2 Å². The van der Waals surface area contributed by atoms with Crippen LogP contribution in [0.15, 0.2) is 259 Å². The molecule has 0 amide bonds. The Hall–Kier alpha value is -8.72. The normalized spacial score (nSPS) is 14.1. The van der Waals surface area contributed by atoms with Crippen molar-refractivity contribution in [2.75, 3.05) is 4.90 Å². The van der Waals surface area contributed by atoms with Crippen LogP contribution in [0.5, 0.6) is 0 Å². The summed E-state index contributed by atoms with van der Waals surface area (Å²) in [6.45, 7) is 0. The molecule has 11 aromatic carbocycles. The first kappa shape index (κ1) is 43.1. The molecule has 1 fully saturated rings. The fraction of sp³-hybridized carbons (Fsp3) is 0.0986. The summed E-state index contributed by atoms with van der Waals surface area (Å²) < 4.78 is 6.23. The minimum atomic E-state index is -0.535. The maximum Gasteiger partial charge on any atom is 0.135 e. The standard InChI is InChI=1S/C71H53NO/c1-5-18-49(19-6-1)60-29-17-30-66-70(60)62-42-41-59(47-67(62)71(66,55-24-9-3-10-25-55)56-26-11-4-12-27-56)72(57-37-32-48(33-38-57)54-36-43-69-65(46-54)61-28-15-16-31-68(61)73-69)58-39-34-51(35-40-58)64-45-53-23-14-13-22-52(53)44-63(64)50-20-7-2-8-21-50/h2-4,7-17,20-47,49H,1,5-6,18-19H2. The second-order valence-electron chi connectivity index (χ2n) is 20.2. The zero-order chi connectivity index (χ0) is 48.3. The lowest BCUT2D eigenvalue weighted by molar-refractivity contribution is 0.444. The molecule has 0 N–H and O–H groups in total. The molecule has 2 aliphatic rings. The van der Waals surface area contributed by atoms with Gasteiger partial charge in [-0.05, 0) is 169 Å². The molecule has 12 aromatic rings. The summed E-state index contributed by atoms with van der Waals surface area (Å²) in [5.41, 5.74) is 21.3. The zero-order valence-electron chi connectivity index (χ0n) is 40.7. The van der Waals surface area contributed by atoms with Gasteiger partial charge >= 0.3 is 0 Å². The average Bonchev–Trinajstić information content (AvgIpc) is 4.05. The van der Waals surface area contributed by atoms with Crippen LogP contribution in [-0.4, -0.2) is 0 Å². The molecule has 0 unspecified atom stereocenters. The van der Waals surface area contributed by atoms with E-state index in [1.54, 1.807) is 0 Å². The molecule has 0 radical (unpaired) electrons. The summed E-state index contributed by atoms with van der Waals surface area (Å²) in [6, 6.07) is 94.6. The van der Waals surface area contributed by atoms with Gasteiger partial charge in [0, 0.05) is 27.8 Å². The molecule has 73 heavy (non-hydrogen) atoms. The minimum absolute atomic E-state index is 0.535. The van der Waals surface area contributed by atoms with Crippen LogP contribution in [0.1, 0.15) is 65.8 Å². The van der Waals surface area contributed by atoms with Gasteiger partial charge in [0.2, 0.25) is 0 Å². The van der Waals surface area contributed by atoms with Gasteiger partial charge in [0.1, 0.15) is 11.2 Å². The van der Waals surface area contributed by atoms with E-state index in [-0.39, 0.29) is 0 Å². The summed E-state index contributed by atoms with van der Waals surface area (Å²) in [7, 11) is 0. The Balaban J connectivity index is 0.961. The highest BCUT2D eigenvalue weighted by atomic mass is 16.3. The molecule has 2 heteroatoms. The number of nitrogens with zero attached hydrogens (tertiary/aromatic N) is 1. The van der Waals surface area contributed by atoms with Crippen LogP contribution in [-0.2, 0) is 5.41 Å². The number of furan rings is 1. The first-order valence-corrected chi connectivity index (χ1v) is 26.1. The Bertz CT molecular complexity index is 3940. The van der Waals surface area contributed by atoms with Gasteiger partial charge in [-0.15, -0.1) is 0 Å². The highest BCUT2D eigenvalue weighted by Crippen LogP contribution is 2.59. The van der Waals surface area contributed by atoms with E-state index in [1.807, 2.05) is 12.1 Å². The van der Waals surface area contributed by atoms with Crippen molar-refractivity contribution < 1.29 is 4.42 Å². The quantitative estimate of drug-likeness (QED) is 0.143. The van der Waals surface area contributed by atoms with E-state index in [0.717, 1.165) is 50.1 Å². The Kier molecular flexibility index (Phi) is 10.5. The van der Waals surface area contributed by atoms with Crippen LogP contribution in [0.2, 0.25) is 0 Å². The largest absolute Gasteiger partial charge is 0.456 e. The Morgan fingerprint density at radius 3 is 1.58 bits per heavy atom. The molecule has 2 nitrogen and oxygen atoms in total. The number of para-hydroxylation sites is 1. The minimum Gasteiger partial charge on any atom is -0.456 e. The van der Waals surface area contributed by atoms with Crippen LogP contribution < -0.4 is 4.90 Å². The van der Waals surface area contributed by atoms with Crippen LogP contribution >= 0.6 is 0 Å². The van der Waals surface area contributed by atoms with E-state index in [4.69, 9.17) is 4.42 Å². The van der Waals surface area contributed by atoms with Gasteiger partial charge < -0.3 is 9.32 Å². The predicted molar refractivity (Wildman–Crippen MR) is 305 cm³/mol. The number of hydrogen-bond acceptors (Lipinski definition) is 2. The third-order valence-corrected chi connectivity index (χ3v) is 16.1. The second-order valence-corrected chi connectivity index (χ2v) is 20.2. The molecule has 0 saturated heterocycles. The lowest BCUT2D eigenvalue weighted by Crippen LogP contribution is -2.29. The highest BCUT2D eigenvalue weighted by molar-refractivity contribution is 6.06. The first-order chi connectivity index (χ1) is 36.2. The number of rotatable bonds is 9. The summed E-state index contributed by atoms with van der Waals surface area (Å²) in [4.78, 5) is 2.46. The molecule has 0 aliphatic heterocycles. The number of fused-ring (bicyclic) bond motifs is 7. The first-order valence-electron chi connectivity index (χ1n) is 26.1. The molecule has 1 heterocycles. The molecule has 1 aromatic heterocycles. The Labute approximate surface area is 427 Å². The summed E-state index contributed by atoms with van der Waals surface area (Å²) in [6.07, 6.45) is 6.39. The number of anilines is 3. The van der Waals surface area contributed by atoms with E-state index in [1.165, 1.54) is 104 Å². The van der Waals surface area contributed by atoms with Gasteiger partial charge in [-0.25, -0.2) is 0 Å². The van der Waals surface area contributed by atoms with E-state index >= 15 is 0 Å². The van der Waals surface area contributed by atoms with Crippen molar-refractivity contribution in [1.82, 2.24) is 0 Å². The van der Waals surface area contributed by atoms with Crippen LogP contribution in [0.3, 0.4) is 0 Å². The number of benzene rings is 11. The van der Waals surface area contributed by atoms with Gasteiger partial charge in [-0.3, -0.25) is 0 Å². The van der Waals surface area contributed by atoms with Crippen molar-refractivity contribution in [2.45, 2.75) is 43.4 Å². The molecule has 0 bridgehead atoms. The van der Waals surface area contributed by atoms with E-state index < -0.39 is 5.41 Å². The molecular formula is C71H53NO. The molecule has 348 valence electrons. The van der Waals surface area contributed by atoms with Crippen molar-refractivity contribution in [2.24, 2.45) is 0 Å². The van der Waals surface area contributed by atoms with Crippen LogP contribution in [0, 0.1) is 0 Å². The van der Waals surface area contributed by atoms with Crippen molar-refractivity contribution in [1.29, 1.82) is 0 Å². The third-order valence-electron chi connectivity index (χ3n) is 16.1. The topological polar surface area (TPSA) is 16.4 Å². The zero-order valence-corrected chi connectivity index (χ0v) is 40.7. The van der Waals surface area contributed by atoms with E-state index in [9.17, 15) is 0 Å². The average molecular weight is 936 g/mol. The Morgan fingerprint density at radius 2 is 0.904 bits per heavy atom. The molecule has 2 aliphatic carbocycles. The van der Waals surface area contributed by atoms with Gasteiger partial charge in [0.15, 0.2) is 0 Å². The molecule has 1 saturated carbocycles. The predicted octanol–water partition coefficient (Wildman–Crippen LogP) is 19.6. The lowest BCUT2D eigenvalue weighted by Gasteiger charge is -2.35. The third kappa shape index (κ3) is 7.23. The maximum atomic E-state index is 6.23. The number of hydrogen-bond donors (Lipinski definition) is 0. The fourth-order valence-corrected chi connectivity index (χ4v) is 12.7. The van der Waals surface area contributed by atoms with Crippen molar-refractivity contribution in [3.8, 4) is 44.5 Å². The van der Waals surface area contributed by atoms with Crippen molar-refractivity contribution in [3.63, 3.8) is 0 Å². The highest BCUT2D eigenvalue weighted by Gasteiger charge is 2.47. The van der Waals surface area contributed by atoms with Gasteiger partial charge in [-0.1, -0.05) is 207 Å². The summed E-state index contributed by atoms with van der Waals surface area (Å²) >= 11 is 0. The Morgan fingerprint density at radius 1 is 0.356 bits per heavy atom. The van der Waals surface area contributed by atoms with Crippen LogP contribution in [0.4, 0.5) is 17.1 Å². The SMILES string of the molecule is c1ccc(-c2cc3ccccc3cc2-c2ccc(N(c3ccc(-c4ccc5oc6ccccc6c5c4)cc3)c3ccc4c(c3)C(c3ccccc3)(c3ccccc3)c3cccc(C5CCCCC5)c3-4)cc2)cc1. The van der Waals surface area contributed by atoms with E-state index in [2.05, 4.69) is 248 Å². The maximum absolute atomic E-state index is 6.23. The fourth-order valence-electron chi connectivity index (χ4n) is 12.7. The van der Waals surface area contributed by atoms with E-state index in [0.29, 0.717) is 5.92 Å².